The van der Waals surface area contributed by atoms with Crippen LogP contribution in [0, 0.1) is 0 Å². The van der Waals surface area contributed by atoms with Crippen LogP contribution in [0.15, 0.2) is 24.3 Å². The summed E-state index contributed by atoms with van der Waals surface area (Å²) in [6, 6.07) is 6.54. The third kappa shape index (κ3) is 3.66. The van der Waals surface area contributed by atoms with Crippen molar-refractivity contribution < 1.29 is 14.3 Å². The zero-order valence-corrected chi connectivity index (χ0v) is 10.4. The standard InChI is InChI=1S/C11H12BrNO3/c1-16-11(15)8-2-4-9(5-3-8)13-10(14)6-7-12/h2-5H,6-7H2,1H3,(H,13,14). The van der Waals surface area contributed by atoms with E-state index in [0.717, 1.165) is 0 Å². The normalized spacial score (nSPS) is 9.62. The molecule has 0 atom stereocenters. The Balaban J connectivity index is 2.64. The lowest BCUT2D eigenvalue weighted by atomic mass is 10.2. The molecule has 0 spiro atoms. The number of amides is 1. The van der Waals surface area contributed by atoms with E-state index < -0.39 is 5.97 Å². The van der Waals surface area contributed by atoms with Gasteiger partial charge in [-0.1, -0.05) is 15.9 Å². The molecule has 0 aromatic heterocycles. The summed E-state index contributed by atoms with van der Waals surface area (Å²) in [4.78, 5) is 22.4. The molecule has 1 N–H and O–H groups in total. The molecule has 0 aliphatic heterocycles. The lowest BCUT2D eigenvalue weighted by Gasteiger charge is -2.04. The second kappa shape index (κ2) is 6.27. The topological polar surface area (TPSA) is 55.4 Å². The van der Waals surface area contributed by atoms with Crippen LogP contribution < -0.4 is 5.32 Å². The molecule has 0 radical (unpaired) electrons. The van der Waals surface area contributed by atoms with E-state index >= 15 is 0 Å². The molecule has 5 heteroatoms. The fourth-order valence-electron chi connectivity index (χ4n) is 1.12. The molecule has 16 heavy (non-hydrogen) atoms. The Morgan fingerprint density at radius 2 is 1.94 bits per heavy atom. The summed E-state index contributed by atoms with van der Waals surface area (Å²) in [5.74, 6) is -0.457. The first-order chi connectivity index (χ1) is 7.67. The number of rotatable bonds is 4. The SMILES string of the molecule is COC(=O)c1ccc(NC(=O)CCBr)cc1. The first kappa shape index (κ1) is 12.7. The van der Waals surface area contributed by atoms with Gasteiger partial charge in [-0.15, -0.1) is 0 Å². The lowest BCUT2D eigenvalue weighted by Crippen LogP contribution is -2.11. The van der Waals surface area contributed by atoms with Gasteiger partial charge in [0.25, 0.3) is 0 Å². The third-order valence-corrected chi connectivity index (χ3v) is 2.31. The summed E-state index contributed by atoms with van der Waals surface area (Å²) in [6.45, 7) is 0. The highest BCUT2D eigenvalue weighted by Gasteiger charge is 2.05. The van der Waals surface area contributed by atoms with E-state index in [1.165, 1.54) is 7.11 Å². The van der Waals surface area contributed by atoms with Gasteiger partial charge >= 0.3 is 5.97 Å². The predicted octanol–water partition coefficient (Wildman–Crippen LogP) is 2.20. The highest BCUT2D eigenvalue weighted by Crippen LogP contribution is 2.10. The van der Waals surface area contributed by atoms with E-state index in [4.69, 9.17) is 0 Å². The fourth-order valence-corrected chi connectivity index (χ4v) is 1.48. The molecule has 86 valence electrons. The Kier molecular flexibility index (Phi) is 4.98. The van der Waals surface area contributed by atoms with Gasteiger partial charge in [-0.2, -0.15) is 0 Å². The molecule has 1 rings (SSSR count). The largest absolute Gasteiger partial charge is 0.465 e. The van der Waals surface area contributed by atoms with Crippen molar-refractivity contribution in [1.82, 2.24) is 0 Å². The van der Waals surface area contributed by atoms with Crippen molar-refractivity contribution >= 4 is 33.5 Å². The number of carbonyl (C=O) groups excluding carboxylic acids is 2. The van der Waals surface area contributed by atoms with E-state index in [-0.39, 0.29) is 5.91 Å². The van der Waals surface area contributed by atoms with Gasteiger partial charge in [-0.3, -0.25) is 4.79 Å². The second-order valence-electron chi connectivity index (χ2n) is 3.06. The van der Waals surface area contributed by atoms with Crippen LogP contribution in [0.1, 0.15) is 16.8 Å². The van der Waals surface area contributed by atoms with Crippen molar-refractivity contribution in [3.63, 3.8) is 0 Å². The number of benzene rings is 1. The molecule has 0 saturated carbocycles. The zero-order chi connectivity index (χ0) is 12.0. The number of methoxy groups -OCH3 is 1. The molecule has 0 unspecified atom stereocenters. The molecular formula is C11H12BrNO3. The minimum absolute atomic E-state index is 0.0670. The molecule has 0 aliphatic carbocycles. The molecule has 0 saturated heterocycles. The summed E-state index contributed by atoms with van der Waals surface area (Å²) in [7, 11) is 1.33. The number of alkyl halides is 1. The van der Waals surface area contributed by atoms with E-state index in [1.807, 2.05) is 0 Å². The maximum absolute atomic E-state index is 11.3. The molecule has 0 bridgehead atoms. The van der Waals surface area contributed by atoms with Gasteiger partial charge in [-0.05, 0) is 24.3 Å². The molecule has 1 amide bonds. The van der Waals surface area contributed by atoms with E-state index in [1.54, 1.807) is 24.3 Å². The van der Waals surface area contributed by atoms with Gasteiger partial charge in [0, 0.05) is 17.4 Å². The minimum Gasteiger partial charge on any atom is -0.465 e. The van der Waals surface area contributed by atoms with Crippen molar-refractivity contribution in [2.45, 2.75) is 6.42 Å². The van der Waals surface area contributed by atoms with Crippen molar-refractivity contribution in [3.05, 3.63) is 29.8 Å². The Labute approximate surface area is 102 Å². The van der Waals surface area contributed by atoms with Gasteiger partial charge < -0.3 is 10.1 Å². The maximum Gasteiger partial charge on any atom is 0.337 e. The highest BCUT2D eigenvalue weighted by atomic mass is 79.9. The van der Waals surface area contributed by atoms with Crippen LogP contribution in [-0.4, -0.2) is 24.3 Å². The van der Waals surface area contributed by atoms with Crippen LogP contribution in [-0.2, 0) is 9.53 Å². The minimum atomic E-state index is -0.390. The summed E-state index contributed by atoms with van der Waals surface area (Å²) < 4.78 is 4.56. The van der Waals surface area contributed by atoms with Gasteiger partial charge in [0.1, 0.15) is 0 Å². The fraction of sp³-hybridized carbons (Fsp3) is 0.273. The van der Waals surface area contributed by atoms with Crippen LogP contribution in [0.4, 0.5) is 5.69 Å². The molecule has 0 fully saturated rings. The van der Waals surface area contributed by atoms with Gasteiger partial charge in [0.15, 0.2) is 0 Å². The number of hydrogen-bond donors (Lipinski definition) is 1. The number of anilines is 1. The quantitative estimate of drug-likeness (QED) is 0.682. The van der Waals surface area contributed by atoms with Gasteiger partial charge in [-0.25, -0.2) is 4.79 Å². The van der Waals surface area contributed by atoms with Crippen molar-refractivity contribution in [3.8, 4) is 0 Å². The third-order valence-electron chi connectivity index (χ3n) is 1.91. The average molecular weight is 286 g/mol. The molecule has 1 aromatic rings. The van der Waals surface area contributed by atoms with Crippen LogP contribution in [0.3, 0.4) is 0 Å². The Bertz CT molecular complexity index is 375. The van der Waals surface area contributed by atoms with Gasteiger partial charge in [0.2, 0.25) is 5.91 Å². The molecule has 4 nitrogen and oxygen atoms in total. The van der Waals surface area contributed by atoms with Crippen LogP contribution in [0.2, 0.25) is 0 Å². The smallest absolute Gasteiger partial charge is 0.337 e. The Hall–Kier alpha value is -1.36. The van der Waals surface area contributed by atoms with E-state index in [9.17, 15) is 9.59 Å². The van der Waals surface area contributed by atoms with Crippen LogP contribution in [0.25, 0.3) is 0 Å². The van der Waals surface area contributed by atoms with Crippen LogP contribution >= 0.6 is 15.9 Å². The number of hydrogen-bond acceptors (Lipinski definition) is 3. The second-order valence-corrected chi connectivity index (χ2v) is 3.85. The number of esters is 1. The van der Waals surface area contributed by atoms with Crippen molar-refractivity contribution in [2.24, 2.45) is 0 Å². The number of nitrogens with one attached hydrogen (secondary N) is 1. The molecule has 0 aliphatic rings. The highest BCUT2D eigenvalue weighted by molar-refractivity contribution is 9.09. The maximum atomic E-state index is 11.3. The summed E-state index contributed by atoms with van der Waals surface area (Å²) in [5.41, 5.74) is 1.12. The Morgan fingerprint density at radius 1 is 1.31 bits per heavy atom. The van der Waals surface area contributed by atoms with E-state index in [0.29, 0.717) is 23.0 Å². The Morgan fingerprint density at radius 3 is 2.44 bits per heavy atom. The van der Waals surface area contributed by atoms with Crippen molar-refractivity contribution in [1.29, 1.82) is 0 Å². The zero-order valence-electron chi connectivity index (χ0n) is 8.83. The van der Waals surface area contributed by atoms with Crippen molar-refractivity contribution in [2.75, 3.05) is 17.8 Å². The molecule has 1 aromatic carbocycles. The molecular weight excluding hydrogens is 274 g/mol. The average Bonchev–Trinajstić information content (AvgIpc) is 2.29. The summed E-state index contributed by atoms with van der Waals surface area (Å²) in [5, 5.41) is 3.33. The first-order valence-electron chi connectivity index (χ1n) is 4.71. The lowest BCUT2D eigenvalue weighted by molar-refractivity contribution is -0.115. The number of carbonyl (C=O) groups is 2. The van der Waals surface area contributed by atoms with Gasteiger partial charge in [0.05, 0.1) is 12.7 Å². The van der Waals surface area contributed by atoms with Crippen LogP contribution in [0.5, 0.6) is 0 Å². The summed E-state index contributed by atoms with van der Waals surface area (Å²) in [6.07, 6.45) is 0.415. The molecule has 0 heterocycles. The number of halogens is 1. The number of ether oxygens (including phenoxy) is 1. The summed E-state index contributed by atoms with van der Waals surface area (Å²) >= 11 is 3.18. The monoisotopic (exact) mass is 285 g/mol. The predicted molar refractivity (Wildman–Crippen MR) is 64.8 cm³/mol. The first-order valence-corrected chi connectivity index (χ1v) is 5.83. The van der Waals surface area contributed by atoms with E-state index in [2.05, 4.69) is 26.0 Å².